The maximum atomic E-state index is 12.7. The predicted octanol–water partition coefficient (Wildman–Crippen LogP) is 3.97. The molecule has 118 valence electrons. The van der Waals surface area contributed by atoms with E-state index in [1.807, 2.05) is 30.3 Å². The molecule has 0 saturated heterocycles. The Labute approximate surface area is 134 Å². The molecule has 4 nitrogen and oxygen atoms in total. The van der Waals surface area contributed by atoms with E-state index in [9.17, 15) is 13.2 Å². The molecule has 3 rings (SSSR count). The van der Waals surface area contributed by atoms with E-state index >= 15 is 0 Å². The van der Waals surface area contributed by atoms with Crippen molar-refractivity contribution in [2.75, 3.05) is 0 Å². The number of hydrogen-bond acceptors (Lipinski definition) is 4. The van der Waals surface area contributed by atoms with Gasteiger partial charge in [-0.05, 0) is 17.7 Å². The van der Waals surface area contributed by atoms with Crippen molar-refractivity contribution < 1.29 is 13.2 Å². The zero-order valence-corrected chi connectivity index (χ0v) is 12.6. The van der Waals surface area contributed by atoms with Crippen LogP contribution in [-0.4, -0.2) is 20.0 Å². The summed E-state index contributed by atoms with van der Waals surface area (Å²) < 4.78 is 38.0. The summed E-state index contributed by atoms with van der Waals surface area (Å²) in [5, 5.41) is 8.84. The molecule has 0 aliphatic heterocycles. The van der Waals surface area contributed by atoms with Gasteiger partial charge in [-0.3, -0.25) is 4.98 Å². The Bertz CT molecular complexity index is 787. The fraction of sp³-hybridized carbons (Fsp3) is 0.133. The highest BCUT2D eigenvalue weighted by atomic mass is 32.2. The topological polar surface area (TPSA) is 43.6 Å². The Hall–Kier alpha value is -2.35. The summed E-state index contributed by atoms with van der Waals surface area (Å²) in [7, 11) is 0. The van der Waals surface area contributed by atoms with Gasteiger partial charge in [-0.25, -0.2) is 0 Å². The van der Waals surface area contributed by atoms with Crippen molar-refractivity contribution in [3.05, 3.63) is 66.1 Å². The Morgan fingerprint density at radius 2 is 1.87 bits per heavy atom. The molecule has 23 heavy (non-hydrogen) atoms. The molecule has 2 aromatic heterocycles. The number of pyridine rings is 1. The van der Waals surface area contributed by atoms with Crippen LogP contribution in [0.3, 0.4) is 0 Å². The van der Waals surface area contributed by atoms with Gasteiger partial charge in [0.2, 0.25) is 0 Å². The molecule has 0 atom stereocenters. The first-order chi connectivity index (χ1) is 11.0. The van der Waals surface area contributed by atoms with Gasteiger partial charge in [0.05, 0.1) is 11.9 Å². The van der Waals surface area contributed by atoms with Gasteiger partial charge in [-0.2, -0.15) is 23.1 Å². The maximum Gasteiger partial charge on any atom is 0.433 e. The maximum absolute atomic E-state index is 12.7. The lowest BCUT2D eigenvalue weighted by Gasteiger charge is -2.06. The van der Waals surface area contributed by atoms with Crippen molar-refractivity contribution in [3.63, 3.8) is 0 Å². The summed E-state index contributed by atoms with van der Waals surface area (Å²) in [6.07, 6.45) is -1.87. The third-order valence-electron chi connectivity index (χ3n) is 2.97. The quantitative estimate of drug-likeness (QED) is 0.676. The van der Waals surface area contributed by atoms with E-state index in [0.717, 1.165) is 17.8 Å². The number of halogens is 3. The van der Waals surface area contributed by atoms with Gasteiger partial charge < -0.3 is 0 Å². The lowest BCUT2D eigenvalue weighted by Crippen LogP contribution is -2.09. The van der Waals surface area contributed by atoms with Crippen molar-refractivity contribution in [3.8, 4) is 5.69 Å². The number of thioether (sulfide) groups is 1. The molecule has 2 heterocycles. The zero-order valence-electron chi connectivity index (χ0n) is 11.7. The number of benzene rings is 1. The largest absolute Gasteiger partial charge is 0.433 e. The molecule has 0 N–H and O–H groups in total. The van der Waals surface area contributed by atoms with Crippen LogP contribution in [0.4, 0.5) is 13.2 Å². The second-order valence-electron chi connectivity index (χ2n) is 4.64. The van der Waals surface area contributed by atoms with Gasteiger partial charge in [0.25, 0.3) is 0 Å². The fourth-order valence-electron chi connectivity index (χ4n) is 1.87. The van der Waals surface area contributed by atoms with Crippen LogP contribution in [0.25, 0.3) is 5.69 Å². The van der Waals surface area contributed by atoms with Crippen molar-refractivity contribution in [2.45, 2.75) is 17.0 Å². The second-order valence-corrected chi connectivity index (χ2v) is 5.64. The molecule has 0 amide bonds. The minimum absolute atomic E-state index is 0.221. The van der Waals surface area contributed by atoms with E-state index in [-0.39, 0.29) is 5.69 Å². The summed E-state index contributed by atoms with van der Waals surface area (Å²) in [5.74, 6) is 0.712. The molecule has 0 fully saturated rings. The Morgan fingerprint density at radius 1 is 1.09 bits per heavy atom. The molecule has 0 radical (unpaired) electrons. The van der Waals surface area contributed by atoms with Crippen molar-refractivity contribution >= 4 is 11.8 Å². The lowest BCUT2D eigenvalue weighted by molar-refractivity contribution is -0.141. The normalized spacial score (nSPS) is 11.6. The minimum Gasteiger partial charge on any atom is -0.252 e. The number of aromatic nitrogens is 4. The molecule has 0 bridgehead atoms. The van der Waals surface area contributed by atoms with Crippen LogP contribution in [-0.2, 0) is 11.9 Å². The van der Waals surface area contributed by atoms with E-state index in [4.69, 9.17) is 0 Å². The first kappa shape index (κ1) is 15.5. The molecular weight excluding hydrogens is 325 g/mol. The molecule has 1 aromatic carbocycles. The smallest absolute Gasteiger partial charge is 0.252 e. The summed E-state index contributed by atoms with van der Waals surface area (Å²) in [6, 6.07) is 12.2. The lowest BCUT2D eigenvalue weighted by atomic mass is 10.2. The average molecular weight is 336 g/mol. The average Bonchev–Trinajstić information content (AvgIpc) is 3.02. The summed E-state index contributed by atoms with van der Waals surface area (Å²) in [5.41, 5.74) is 0.389. The van der Waals surface area contributed by atoms with Crippen LogP contribution in [0, 0.1) is 0 Å². The monoisotopic (exact) mass is 336 g/mol. The van der Waals surface area contributed by atoms with E-state index in [0.29, 0.717) is 10.8 Å². The van der Waals surface area contributed by atoms with Crippen LogP contribution < -0.4 is 0 Å². The van der Waals surface area contributed by atoms with Crippen LogP contribution in [0.5, 0.6) is 0 Å². The van der Waals surface area contributed by atoms with Crippen LogP contribution >= 0.6 is 11.8 Å². The standard InChI is InChI=1S/C15H11F3N4S/c16-15(17,18)13-8-12(6-7-19-13)22-20-9-14(21-22)23-10-11-4-2-1-3-5-11/h1-9H,10H2. The van der Waals surface area contributed by atoms with E-state index in [1.165, 1.54) is 28.8 Å². The zero-order chi connectivity index (χ0) is 16.3. The van der Waals surface area contributed by atoms with Crippen LogP contribution in [0.15, 0.2) is 59.9 Å². The van der Waals surface area contributed by atoms with Crippen LogP contribution in [0.2, 0.25) is 0 Å². The van der Waals surface area contributed by atoms with Gasteiger partial charge in [0, 0.05) is 11.9 Å². The number of nitrogens with zero attached hydrogens (tertiary/aromatic N) is 4. The Balaban J connectivity index is 1.74. The summed E-state index contributed by atoms with van der Waals surface area (Å²) in [6.45, 7) is 0. The number of hydrogen-bond donors (Lipinski definition) is 0. The highest BCUT2D eigenvalue weighted by Gasteiger charge is 2.32. The van der Waals surface area contributed by atoms with Gasteiger partial charge >= 0.3 is 6.18 Å². The van der Waals surface area contributed by atoms with Gasteiger partial charge in [0.1, 0.15) is 10.7 Å². The highest BCUT2D eigenvalue weighted by Crippen LogP contribution is 2.28. The molecular formula is C15H11F3N4S. The first-order valence-electron chi connectivity index (χ1n) is 6.65. The van der Waals surface area contributed by atoms with E-state index in [2.05, 4.69) is 15.2 Å². The van der Waals surface area contributed by atoms with Crippen LogP contribution in [0.1, 0.15) is 11.3 Å². The molecule has 0 aliphatic rings. The molecule has 0 aliphatic carbocycles. The van der Waals surface area contributed by atoms with Crippen molar-refractivity contribution in [1.29, 1.82) is 0 Å². The van der Waals surface area contributed by atoms with Gasteiger partial charge in [-0.1, -0.05) is 42.1 Å². The summed E-state index contributed by atoms with van der Waals surface area (Å²) in [4.78, 5) is 4.49. The van der Waals surface area contributed by atoms with Gasteiger partial charge in [0.15, 0.2) is 0 Å². The molecule has 0 spiro atoms. The van der Waals surface area contributed by atoms with Crippen molar-refractivity contribution in [1.82, 2.24) is 20.0 Å². The molecule has 3 aromatic rings. The molecule has 0 saturated carbocycles. The Kier molecular flexibility index (Phi) is 4.33. The van der Waals surface area contributed by atoms with E-state index < -0.39 is 11.9 Å². The number of alkyl halides is 3. The second kappa shape index (κ2) is 6.41. The SMILES string of the molecule is FC(F)(F)c1cc(-n2ncc(SCc3ccccc3)n2)ccn1. The third kappa shape index (κ3) is 3.89. The van der Waals surface area contributed by atoms with E-state index in [1.54, 1.807) is 0 Å². The summed E-state index contributed by atoms with van der Waals surface area (Å²) >= 11 is 1.47. The third-order valence-corrected chi connectivity index (χ3v) is 3.93. The minimum atomic E-state index is -4.49. The highest BCUT2D eigenvalue weighted by molar-refractivity contribution is 7.98. The van der Waals surface area contributed by atoms with Crippen molar-refractivity contribution in [2.24, 2.45) is 0 Å². The van der Waals surface area contributed by atoms with Gasteiger partial charge in [-0.15, -0.1) is 5.10 Å². The predicted molar refractivity (Wildman–Crippen MR) is 80.2 cm³/mol. The first-order valence-corrected chi connectivity index (χ1v) is 7.63. The number of rotatable bonds is 4. The Morgan fingerprint density at radius 3 is 2.61 bits per heavy atom. The molecule has 0 unspecified atom stereocenters. The molecule has 8 heteroatoms. The fourth-order valence-corrected chi connectivity index (χ4v) is 2.63.